The molecule has 0 spiro atoms. The van der Waals surface area contributed by atoms with Gasteiger partial charge in [-0.05, 0) is 38.9 Å². The summed E-state index contributed by atoms with van der Waals surface area (Å²) in [6, 6.07) is -0.316. The number of rotatable bonds is 9. The molecule has 0 fully saturated rings. The predicted octanol–water partition coefficient (Wildman–Crippen LogP) is 0.792. The molecule has 0 aromatic carbocycles. The molecule has 0 bridgehead atoms. The maximum absolute atomic E-state index is 11.6. The first kappa shape index (κ1) is 17.1. The van der Waals surface area contributed by atoms with Gasteiger partial charge in [0.05, 0.1) is 0 Å². The van der Waals surface area contributed by atoms with Crippen molar-refractivity contribution in [3.63, 3.8) is 0 Å². The van der Waals surface area contributed by atoms with E-state index in [-0.39, 0.29) is 11.9 Å². The van der Waals surface area contributed by atoms with Crippen molar-refractivity contribution in [1.29, 1.82) is 0 Å². The number of amides is 1. The molecule has 1 amide bonds. The highest BCUT2D eigenvalue weighted by Gasteiger charge is 2.12. The van der Waals surface area contributed by atoms with Gasteiger partial charge in [-0.15, -0.1) is 0 Å². The maximum Gasteiger partial charge on any atom is 0.242 e. The minimum absolute atomic E-state index is 0.0321. The Morgan fingerprint density at radius 1 is 1.28 bits per heavy atom. The molecule has 18 heavy (non-hydrogen) atoms. The van der Waals surface area contributed by atoms with Crippen molar-refractivity contribution in [3.05, 3.63) is 0 Å². The molecule has 3 N–H and O–H groups in total. The Hall–Kier alpha value is -0.880. The first-order chi connectivity index (χ1) is 8.61. The number of hydrogen-bond donors (Lipinski definition) is 3. The van der Waals surface area contributed by atoms with Gasteiger partial charge in [0.1, 0.15) is 6.04 Å². The zero-order chi connectivity index (χ0) is 13.8. The summed E-state index contributed by atoms with van der Waals surface area (Å²) in [4.78, 5) is 11.6. The molecule has 6 heteroatoms. The zero-order valence-corrected chi connectivity index (χ0v) is 12.4. The van der Waals surface area contributed by atoms with Crippen LogP contribution < -0.4 is 16.0 Å². The zero-order valence-electron chi connectivity index (χ0n) is 11.5. The van der Waals surface area contributed by atoms with Crippen LogP contribution >= 0.6 is 12.2 Å². The smallest absolute Gasteiger partial charge is 0.242 e. The fourth-order valence-corrected chi connectivity index (χ4v) is 1.51. The molecule has 0 heterocycles. The molecule has 0 radical (unpaired) electrons. The molecular formula is C12H25N3O2S. The molecule has 0 aromatic heterocycles. The van der Waals surface area contributed by atoms with Crippen molar-refractivity contribution in [2.45, 2.75) is 39.7 Å². The summed E-state index contributed by atoms with van der Waals surface area (Å²) in [5.41, 5.74) is 0. The van der Waals surface area contributed by atoms with Gasteiger partial charge >= 0.3 is 0 Å². The van der Waals surface area contributed by atoms with Gasteiger partial charge in [0.15, 0.2) is 5.11 Å². The normalized spacial score (nSPS) is 11.7. The van der Waals surface area contributed by atoms with Crippen molar-refractivity contribution in [2.24, 2.45) is 0 Å². The van der Waals surface area contributed by atoms with Crippen LogP contribution in [-0.4, -0.2) is 43.4 Å². The van der Waals surface area contributed by atoms with Crippen molar-refractivity contribution >= 4 is 23.2 Å². The van der Waals surface area contributed by atoms with Crippen molar-refractivity contribution < 1.29 is 9.53 Å². The lowest BCUT2D eigenvalue weighted by Gasteiger charge is -2.16. The first-order valence-electron chi connectivity index (χ1n) is 6.51. The van der Waals surface area contributed by atoms with Gasteiger partial charge in [-0.1, -0.05) is 6.92 Å². The molecule has 0 aliphatic carbocycles. The third-order valence-electron chi connectivity index (χ3n) is 2.25. The minimum Gasteiger partial charge on any atom is -0.382 e. The van der Waals surface area contributed by atoms with Gasteiger partial charge in [0.2, 0.25) is 5.91 Å². The van der Waals surface area contributed by atoms with Crippen LogP contribution in [0.5, 0.6) is 0 Å². The van der Waals surface area contributed by atoms with Crippen LogP contribution in [0.4, 0.5) is 0 Å². The number of nitrogens with one attached hydrogen (secondary N) is 3. The number of hydrogen-bond acceptors (Lipinski definition) is 3. The third kappa shape index (κ3) is 9.18. The van der Waals surface area contributed by atoms with Crippen molar-refractivity contribution in [2.75, 3.05) is 26.3 Å². The van der Waals surface area contributed by atoms with Crippen LogP contribution in [0.3, 0.4) is 0 Å². The lowest BCUT2D eigenvalue weighted by atomic mass is 10.3. The monoisotopic (exact) mass is 275 g/mol. The number of ether oxygens (including phenoxy) is 1. The lowest BCUT2D eigenvalue weighted by molar-refractivity contribution is -0.122. The van der Waals surface area contributed by atoms with Crippen LogP contribution in [0.2, 0.25) is 0 Å². The summed E-state index contributed by atoms with van der Waals surface area (Å²) in [5, 5.41) is 9.31. The molecular weight excluding hydrogens is 250 g/mol. The van der Waals surface area contributed by atoms with E-state index in [9.17, 15) is 4.79 Å². The summed E-state index contributed by atoms with van der Waals surface area (Å²) < 4.78 is 5.21. The summed E-state index contributed by atoms with van der Waals surface area (Å²) >= 11 is 5.10. The van der Waals surface area contributed by atoms with Gasteiger partial charge < -0.3 is 20.7 Å². The molecule has 0 aromatic rings. The predicted molar refractivity (Wildman–Crippen MR) is 77.6 cm³/mol. The highest BCUT2D eigenvalue weighted by Crippen LogP contribution is 1.85. The summed E-state index contributed by atoms with van der Waals surface area (Å²) in [5.74, 6) is -0.0321. The van der Waals surface area contributed by atoms with Crippen LogP contribution in [0.15, 0.2) is 0 Å². The first-order valence-corrected chi connectivity index (χ1v) is 6.92. The van der Waals surface area contributed by atoms with E-state index in [2.05, 4.69) is 16.0 Å². The Kier molecular flexibility index (Phi) is 10.7. The van der Waals surface area contributed by atoms with Crippen LogP contribution in [0, 0.1) is 0 Å². The van der Waals surface area contributed by atoms with Crippen LogP contribution in [0.1, 0.15) is 33.6 Å². The SMILES string of the molecule is CCCNC(=O)C(C)NC(=S)NCCCOCC. The molecule has 1 atom stereocenters. The van der Waals surface area contributed by atoms with Crippen molar-refractivity contribution in [3.8, 4) is 0 Å². The molecule has 0 saturated heterocycles. The Balaban J connectivity index is 3.63. The summed E-state index contributed by atoms with van der Waals surface area (Å²) in [6.07, 6.45) is 1.82. The van der Waals surface area contributed by atoms with Gasteiger partial charge in [-0.25, -0.2) is 0 Å². The molecule has 1 unspecified atom stereocenters. The van der Waals surface area contributed by atoms with E-state index in [0.717, 1.165) is 32.6 Å². The number of carbonyl (C=O) groups excluding carboxylic acids is 1. The van der Waals surface area contributed by atoms with Crippen LogP contribution in [0.25, 0.3) is 0 Å². The van der Waals surface area contributed by atoms with Crippen molar-refractivity contribution in [1.82, 2.24) is 16.0 Å². The molecule has 106 valence electrons. The fraction of sp³-hybridized carbons (Fsp3) is 0.833. The van der Waals surface area contributed by atoms with Gasteiger partial charge in [-0.2, -0.15) is 0 Å². The van der Waals surface area contributed by atoms with E-state index < -0.39 is 0 Å². The molecule has 0 rings (SSSR count). The van der Waals surface area contributed by atoms with E-state index in [0.29, 0.717) is 11.7 Å². The second kappa shape index (κ2) is 11.2. The Morgan fingerprint density at radius 3 is 2.61 bits per heavy atom. The minimum atomic E-state index is -0.316. The molecule has 0 aliphatic rings. The van der Waals surface area contributed by atoms with E-state index in [1.165, 1.54) is 0 Å². The van der Waals surface area contributed by atoms with Gasteiger partial charge in [0, 0.05) is 26.3 Å². The second-order valence-electron chi connectivity index (χ2n) is 3.96. The summed E-state index contributed by atoms with van der Waals surface area (Å²) in [6.45, 7) is 8.67. The Labute approximate surface area is 115 Å². The van der Waals surface area contributed by atoms with Crippen LogP contribution in [-0.2, 0) is 9.53 Å². The van der Waals surface area contributed by atoms with Gasteiger partial charge in [0.25, 0.3) is 0 Å². The number of carbonyl (C=O) groups is 1. The van der Waals surface area contributed by atoms with E-state index in [1.807, 2.05) is 13.8 Å². The fourth-order valence-electron chi connectivity index (χ4n) is 1.24. The number of thiocarbonyl (C=S) groups is 1. The average molecular weight is 275 g/mol. The quantitative estimate of drug-likeness (QED) is 0.429. The highest BCUT2D eigenvalue weighted by molar-refractivity contribution is 7.80. The Morgan fingerprint density at radius 2 is 2.00 bits per heavy atom. The molecule has 0 saturated carbocycles. The second-order valence-corrected chi connectivity index (χ2v) is 4.37. The average Bonchev–Trinajstić information content (AvgIpc) is 2.35. The topological polar surface area (TPSA) is 62.4 Å². The van der Waals surface area contributed by atoms with E-state index >= 15 is 0 Å². The summed E-state index contributed by atoms with van der Waals surface area (Å²) in [7, 11) is 0. The third-order valence-corrected chi connectivity index (χ3v) is 2.51. The van der Waals surface area contributed by atoms with E-state index in [1.54, 1.807) is 6.92 Å². The standard InChI is InChI=1S/C12H25N3O2S/c1-4-7-13-11(16)10(3)15-12(18)14-8-6-9-17-5-2/h10H,4-9H2,1-3H3,(H,13,16)(H2,14,15,18). The van der Waals surface area contributed by atoms with Gasteiger partial charge in [-0.3, -0.25) is 4.79 Å². The van der Waals surface area contributed by atoms with E-state index in [4.69, 9.17) is 17.0 Å². The lowest BCUT2D eigenvalue weighted by Crippen LogP contribution is -2.48. The largest absolute Gasteiger partial charge is 0.382 e. The molecule has 0 aliphatic heterocycles. The highest BCUT2D eigenvalue weighted by atomic mass is 32.1. The maximum atomic E-state index is 11.6. The Bertz CT molecular complexity index is 249. The molecule has 5 nitrogen and oxygen atoms in total.